The van der Waals surface area contributed by atoms with E-state index in [0.29, 0.717) is 66.1 Å². The van der Waals surface area contributed by atoms with Gasteiger partial charge in [-0.1, -0.05) is 0 Å². The summed E-state index contributed by atoms with van der Waals surface area (Å²) in [6.07, 6.45) is 0. The predicted molar refractivity (Wildman–Crippen MR) is 347 cm³/mol. The molecule has 0 amide bonds. The van der Waals surface area contributed by atoms with E-state index >= 15 is 0 Å². The zero-order valence-electron chi connectivity index (χ0n) is 46.7. The molecule has 0 radical (unpaired) electrons. The standard InChI is InChI=1S/C78H38N2O6/c1-81-7-9-85-13-11-83-5-3-79-15-75-67-55-47-39-31-23-20-19-21-26-30-24(19)32-28-22(20)25-29(23)41(47)49-43-34(25)38-36(28)46-40(32)48-42(30)50-44-33(26)37-35(27(21)31)45(39)59(67)61-51(37)54(44)64-65(71(61)75)74-73-66-63(69(57(49)55)77(73,75)17-79)53(43)52(38)62-60(46)68-56(48)58(50)70(64)78(74)18-80(16-76(68,78)72(62)66)4-6-84-12-14-86-10-8-82-2/h3-18H2,1-2H3. The highest BCUT2D eigenvalue weighted by molar-refractivity contribution is 6.79. The molecule has 2 fully saturated rings. The molecule has 8 nitrogen and oxygen atoms in total. The van der Waals surface area contributed by atoms with Gasteiger partial charge in [0.05, 0.1) is 87.7 Å². The lowest BCUT2D eigenvalue weighted by atomic mass is 9.43. The molecule has 0 N–H and O–H groups in total. The maximum Gasteiger partial charge on any atom is 0.0701 e. The molecule has 2 heterocycles. The van der Waals surface area contributed by atoms with Crippen LogP contribution >= 0.6 is 0 Å². The normalized spacial score (nSPS) is 26.0. The molecule has 0 bridgehead atoms. The van der Waals surface area contributed by atoms with Crippen molar-refractivity contribution in [2.24, 2.45) is 0 Å². The Hall–Kier alpha value is -7.60. The average Bonchev–Trinajstić information content (AvgIpc) is 1.37. The van der Waals surface area contributed by atoms with Crippen LogP contribution in [0.2, 0.25) is 0 Å². The summed E-state index contributed by atoms with van der Waals surface area (Å²) < 4.78 is 36.1. The largest absolute Gasteiger partial charge is 0.382 e. The molecule has 8 heteroatoms. The monoisotopic (exact) mass is 1100 g/mol. The average molecular weight is 1100 g/mol. The second-order valence-electron chi connectivity index (χ2n) is 30.5. The summed E-state index contributed by atoms with van der Waals surface area (Å²) in [4.78, 5) is 5.98. The fourth-order valence-electron chi connectivity index (χ4n) is 28.9. The van der Waals surface area contributed by atoms with Gasteiger partial charge in [-0.25, -0.2) is 0 Å². The number of hydrogen-bond donors (Lipinski definition) is 0. The molecule has 2 aliphatic heterocycles. The number of ether oxygens (including phenoxy) is 6. The van der Waals surface area contributed by atoms with Crippen molar-refractivity contribution in [3.63, 3.8) is 0 Å². The van der Waals surface area contributed by atoms with Gasteiger partial charge >= 0.3 is 0 Å². The van der Waals surface area contributed by atoms with Crippen molar-refractivity contribution in [3.05, 3.63) is 44.5 Å². The van der Waals surface area contributed by atoms with Crippen LogP contribution in [0.25, 0.3) is 259 Å². The highest BCUT2D eigenvalue weighted by atomic mass is 16.5. The zero-order valence-corrected chi connectivity index (χ0v) is 46.7. The summed E-state index contributed by atoms with van der Waals surface area (Å²) >= 11 is 0. The van der Waals surface area contributed by atoms with Crippen molar-refractivity contribution in [2.45, 2.75) is 21.7 Å². The van der Waals surface area contributed by atoms with Gasteiger partial charge in [-0.15, -0.1) is 0 Å². The maximum absolute atomic E-state index is 6.70. The smallest absolute Gasteiger partial charge is 0.0701 e. The van der Waals surface area contributed by atoms with Crippen molar-refractivity contribution in [3.8, 4) is 0 Å². The van der Waals surface area contributed by atoms with Gasteiger partial charge in [0.15, 0.2) is 0 Å². The first-order chi connectivity index (χ1) is 42.8. The zero-order chi connectivity index (χ0) is 53.0. The summed E-state index contributed by atoms with van der Waals surface area (Å²) in [5.41, 5.74) is 16.7. The minimum atomic E-state index is -0.274. The van der Waals surface area contributed by atoms with E-state index in [1.807, 2.05) is 11.1 Å². The van der Waals surface area contributed by atoms with Gasteiger partial charge in [-0.3, -0.25) is 9.80 Å². The Morgan fingerprint density at radius 3 is 0.686 bits per heavy atom. The summed E-state index contributed by atoms with van der Waals surface area (Å²) in [5.74, 6) is 0. The third-order valence-electron chi connectivity index (χ3n) is 29.4. The lowest BCUT2D eigenvalue weighted by Crippen LogP contribution is -2.57. The Morgan fingerprint density at radius 2 is 0.419 bits per heavy atom. The van der Waals surface area contributed by atoms with Gasteiger partial charge in [0.1, 0.15) is 0 Å². The van der Waals surface area contributed by atoms with E-state index in [9.17, 15) is 0 Å². The first kappa shape index (κ1) is 38.5. The van der Waals surface area contributed by atoms with Crippen LogP contribution in [0.15, 0.2) is 0 Å². The molecule has 4 spiro atoms. The van der Waals surface area contributed by atoms with E-state index < -0.39 is 0 Å². The van der Waals surface area contributed by atoms with Crippen molar-refractivity contribution >= 4 is 259 Å². The first-order valence-electron chi connectivity index (χ1n) is 32.5. The third-order valence-corrected chi connectivity index (χ3v) is 29.4. The molecule has 8 aliphatic carbocycles. The van der Waals surface area contributed by atoms with Gasteiger partial charge in [0.25, 0.3) is 0 Å². The molecule has 396 valence electrons. The molecule has 0 saturated carbocycles. The Labute approximate surface area is 480 Å². The highest BCUT2D eigenvalue weighted by Gasteiger charge is 2.81. The number of rotatable bonds is 18. The van der Waals surface area contributed by atoms with E-state index in [1.165, 1.54) is 0 Å². The van der Waals surface area contributed by atoms with Crippen LogP contribution in [-0.2, 0) is 50.1 Å². The van der Waals surface area contributed by atoms with Gasteiger partial charge in [0.2, 0.25) is 0 Å². The fourth-order valence-corrected chi connectivity index (χ4v) is 28.9. The SMILES string of the molecule is COCCOCCOCCN1CC23C4=C5c6c7c8c9c(c%10c%11c2c2c4c4c%12c%13c%14c%15c%16c(c6c6c8c8c%17c9c9c%10c%10c%11c%11c2c%12c2c%12c%13c%13c%15c%15c%16c6c8c6c%15c8c%13c%12c%12c(c%112)c%10c2c9c%17c6c8c2%12)C52CN(CCOCCOCCOC)CC4%142)C73C1. The van der Waals surface area contributed by atoms with Crippen molar-refractivity contribution in [1.29, 1.82) is 0 Å². The van der Waals surface area contributed by atoms with Crippen LogP contribution in [0.4, 0.5) is 0 Å². The summed E-state index contributed by atoms with van der Waals surface area (Å²) in [7, 11) is 3.50. The minimum absolute atomic E-state index is 0.266. The van der Waals surface area contributed by atoms with Crippen molar-refractivity contribution in [2.75, 3.05) is 120 Å². The lowest BCUT2D eigenvalue weighted by Gasteiger charge is -2.57. The number of benzene rings is 16. The molecular weight excluding hydrogens is 1060 g/mol. The fraction of sp³-hybridized carbons (Fsp3) is 0.282. The van der Waals surface area contributed by atoms with Crippen LogP contribution in [0.3, 0.4) is 0 Å². The van der Waals surface area contributed by atoms with Crippen LogP contribution in [0.1, 0.15) is 44.5 Å². The van der Waals surface area contributed by atoms with E-state index in [1.54, 1.807) is 306 Å². The molecular formula is C78H38N2O6. The minimum Gasteiger partial charge on any atom is -0.382 e. The van der Waals surface area contributed by atoms with Gasteiger partial charge in [-0.2, -0.15) is 0 Å². The van der Waals surface area contributed by atoms with Crippen LogP contribution in [0, 0.1) is 0 Å². The van der Waals surface area contributed by atoms with Gasteiger partial charge < -0.3 is 28.4 Å². The van der Waals surface area contributed by atoms with Crippen molar-refractivity contribution in [1.82, 2.24) is 9.80 Å². The number of methoxy groups -OCH3 is 2. The second kappa shape index (κ2) is 10.0. The molecule has 24 aromatic carbocycles. The molecule has 0 aromatic heterocycles. The maximum atomic E-state index is 6.70. The quantitative estimate of drug-likeness (QED) is 0.0622. The summed E-state index contributed by atoms with van der Waals surface area (Å²) in [6, 6.07) is 0. The number of hydrogen-bond acceptors (Lipinski definition) is 8. The predicted octanol–water partition coefficient (Wildman–Crippen LogP) is 14.8. The number of likely N-dealkylation sites (tertiary alicyclic amines) is 2. The Balaban J connectivity index is 0.862. The van der Waals surface area contributed by atoms with E-state index in [0.717, 1.165) is 39.3 Å². The highest BCUT2D eigenvalue weighted by Crippen LogP contribution is 2.90. The Bertz CT molecular complexity index is 7050. The summed E-state index contributed by atoms with van der Waals surface area (Å²) in [5, 5.41) is 76.9. The third kappa shape index (κ3) is 2.48. The van der Waals surface area contributed by atoms with E-state index in [-0.39, 0.29) is 21.7 Å². The van der Waals surface area contributed by atoms with E-state index in [4.69, 9.17) is 28.4 Å². The lowest BCUT2D eigenvalue weighted by molar-refractivity contribution is 0.0204. The Morgan fingerprint density at radius 1 is 0.221 bits per heavy atom. The van der Waals surface area contributed by atoms with Crippen LogP contribution < -0.4 is 0 Å². The Kier molecular flexibility index (Phi) is 4.49. The first-order valence-corrected chi connectivity index (χ1v) is 32.5. The second-order valence-corrected chi connectivity index (χ2v) is 30.5. The van der Waals surface area contributed by atoms with E-state index in [2.05, 4.69) is 9.80 Å². The molecule has 10 aliphatic rings. The molecule has 24 aromatic rings. The van der Waals surface area contributed by atoms with Crippen molar-refractivity contribution < 1.29 is 28.4 Å². The topological polar surface area (TPSA) is 61.9 Å². The van der Waals surface area contributed by atoms with Crippen LogP contribution in [0.5, 0.6) is 0 Å². The number of nitrogens with zero attached hydrogens (tertiary/aromatic N) is 2. The molecule has 2 saturated heterocycles. The molecule has 86 heavy (non-hydrogen) atoms. The molecule has 4 atom stereocenters. The summed E-state index contributed by atoms with van der Waals surface area (Å²) in [6.45, 7) is 12.2. The van der Waals surface area contributed by atoms with Crippen LogP contribution in [-0.4, -0.2) is 129 Å². The molecule has 34 rings (SSSR count). The van der Waals surface area contributed by atoms with Gasteiger partial charge in [0, 0.05) is 53.5 Å². The van der Waals surface area contributed by atoms with Gasteiger partial charge in [-0.05, 0) is 303 Å². The molecule has 4 unspecified atom stereocenters.